The molecule has 6 heteroatoms. The van der Waals surface area contributed by atoms with Gasteiger partial charge in [0.05, 0.1) is 18.4 Å². The van der Waals surface area contributed by atoms with Crippen molar-refractivity contribution in [1.82, 2.24) is 0 Å². The first-order chi connectivity index (χ1) is 10.3. The molecule has 2 saturated carbocycles. The number of carbonyl (C=O) groups is 3. The molecule has 0 spiro atoms. The molecular formula is C16H22O6. The van der Waals surface area contributed by atoms with Gasteiger partial charge in [0, 0.05) is 5.92 Å². The highest BCUT2D eigenvalue weighted by Gasteiger charge is 2.76. The first-order valence-electron chi connectivity index (χ1n) is 7.78. The zero-order chi connectivity index (χ0) is 16.3. The second-order valence-corrected chi connectivity index (χ2v) is 7.24. The lowest BCUT2D eigenvalue weighted by molar-refractivity contribution is -0.168. The minimum atomic E-state index is -1.27. The third-order valence-corrected chi connectivity index (χ3v) is 5.76. The van der Waals surface area contributed by atoms with Gasteiger partial charge < -0.3 is 14.2 Å². The van der Waals surface area contributed by atoms with E-state index in [9.17, 15) is 14.4 Å². The smallest absolute Gasteiger partial charge is 0.324 e. The van der Waals surface area contributed by atoms with Crippen LogP contribution in [0.4, 0.5) is 0 Å². The van der Waals surface area contributed by atoms with Crippen molar-refractivity contribution in [1.29, 1.82) is 0 Å². The van der Waals surface area contributed by atoms with Crippen molar-refractivity contribution in [2.45, 2.75) is 52.2 Å². The second kappa shape index (κ2) is 4.70. The van der Waals surface area contributed by atoms with Crippen LogP contribution in [0.1, 0.15) is 40.0 Å². The lowest BCUT2D eigenvalue weighted by Gasteiger charge is -2.27. The van der Waals surface area contributed by atoms with E-state index in [1.165, 1.54) is 7.11 Å². The Labute approximate surface area is 129 Å². The van der Waals surface area contributed by atoms with Crippen LogP contribution in [0.25, 0.3) is 0 Å². The largest absolute Gasteiger partial charge is 0.468 e. The zero-order valence-corrected chi connectivity index (χ0v) is 13.4. The van der Waals surface area contributed by atoms with E-state index in [0.29, 0.717) is 19.3 Å². The number of methoxy groups -OCH3 is 1. The fraction of sp³-hybridized carbons (Fsp3) is 0.812. The number of hydrogen-bond donors (Lipinski definition) is 0. The second-order valence-electron chi connectivity index (χ2n) is 7.24. The fourth-order valence-corrected chi connectivity index (χ4v) is 4.10. The summed E-state index contributed by atoms with van der Waals surface area (Å²) in [6.45, 7) is 5.59. The fourth-order valence-electron chi connectivity index (χ4n) is 4.10. The molecule has 0 aromatic rings. The quantitative estimate of drug-likeness (QED) is 0.444. The predicted octanol–water partition coefficient (Wildman–Crippen LogP) is 1.46. The predicted molar refractivity (Wildman–Crippen MR) is 74.5 cm³/mol. The van der Waals surface area contributed by atoms with Crippen LogP contribution in [-0.2, 0) is 28.6 Å². The molecule has 3 fully saturated rings. The number of rotatable bonds is 4. The molecule has 0 N–H and O–H groups in total. The molecule has 122 valence electrons. The van der Waals surface area contributed by atoms with Gasteiger partial charge in [-0.25, -0.2) is 0 Å². The highest BCUT2D eigenvalue weighted by atomic mass is 16.6. The maximum Gasteiger partial charge on any atom is 0.324 e. The van der Waals surface area contributed by atoms with E-state index in [-0.39, 0.29) is 18.0 Å². The van der Waals surface area contributed by atoms with Crippen LogP contribution in [-0.4, -0.2) is 37.2 Å². The first-order valence-corrected chi connectivity index (χ1v) is 7.78. The zero-order valence-electron chi connectivity index (χ0n) is 13.4. The monoisotopic (exact) mass is 310 g/mol. The van der Waals surface area contributed by atoms with Gasteiger partial charge in [0.25, 0.3) is 0 Å². The minimum Gasteiger partial charge on any atom is -0.468 e. The Hall–Kier alpha value is -1.59. The molecule has 22 heavy (non-hydrogen) atoms. The van der Waals surface area contributed by atoms with Crippen LogP contribution in [0.2, 0.25) is 0 Å². The third-order valence-electron chi connectivity index (χ3n) is 5.76. The van der Waals surface area contributed by atoms with Crippen LogP contribution >= 0.6 is 0 Å². The molecule has 1 saturated heterocycles. The molecule has 0 radical (unpaired) electrons. The Morgan fingerprint density at radius 3 is 2.68 bits per heavy atom. The molecule has 0 aromatic heterocycles. The Bertz CT molecular complexity index is 529. The molecule has 5 atom stereocenters. The average molecular weight is 310 g/mol. The average Bonchev–Trinajstić information content (AvgIpc) is 3.03. The summed E-state index contributed by atoms with van der Waals surface area (Å²) >= 11 is 0. The summed E-state index contributed by atoms with van der Waals surface area (Å²) in [6.07, 6.45) is 0.889. The van der Waals surface area contributed by atoms with Crippen molar-refractivity contribution in [3.05, 3.63) is 0 Å². The Morgan fingerprint density at radius 2 is 2.09 bits per heavy atom. The molecule has 5 unspecified atom stereocenters. The van der Waals surface area contributed by atoms with Gasteiger partial charge in [-0.2, -0.15) is 0 Å². The van der Waals surface area contributed by atoms with Crippen molar-refractivity contribution < 1.29 is 28.6 Å². The standard InChI is InChI=1S/C16H22O6/c1-5-15(2,3)12(17)22-11-8-6-9-10(11)16(7-8,13(18)20-4)14(19)21-9/h8-11H,5-7H2,1-4H3. The summed E-state index contributed by atoms with van der Waals surface area (Å²) < 4.78 is 15.9. The van der Waals surface area contributed by atoms with Crippen molar-refractivity contribution in [3.8, 4) is 0 Å². The van der Waals surface area contributed by atoms with E-state index in [0.717, 1.165) is 0 Å². The normalized spacial score (nSPS) is 38.8. The molecule has 0 amide bonds. The highest BCUT2D eigenvalue weighted by molar-refractivity contribution is 6.03. The van der Waals surface area contributed by atoms with E-state index < -0.39 is 34.8 Å². The minimum absolute atomic E-state index is 0.0165. The van der Waals surface area contributed by atoms with E-state index in [4.69, 9.17) is 14.2 Å². The van der Waals surface area contributed by atoms with E-state index in [1.54, 1.807) is 0 Å². The molecular weight excluding hydrogens is 288 g/mol. The summed E-state index contributed by atoms with van der Waals surface area (Å²) in [5.41, 5.74) is -1.85. The van der Waals surface area contributed by atoms with Gasteiger partial charge in [-0.15, -0.1) is 0 Å². The van der Waals surface area contributed by atoms with Gasteiger partial charge in [-0.3, -0.25) is 14.4 Å². The van der Waals surface area contributed by atoms with Gasteiger partial charge in [0.2, 0.25) is 0 Å². The molecule has 3 rings (SSSR count). The van der Waals surface area contributed by atoms with Crippen molar-refractivity contribution >= 4 is 17.9 Å². The SMILES string of the molecule is CCC(C)(C)C(=O)OC1C2CC3OC(=O)C(C(=O)OC)(C2)C31. The maximum atomic E-state index is 12.4. The van der Waals surface area contributed by atoms with Crippen LogP contribution in [0, 0.1) is 22.7 Å². The van der Waals surface area contributed by atoms with Crippen molar-refractivity contribution in [2.75, 3.05) is 7.11 Å². The van der Waals surface area contributed by atoms with Crippen LogP contribution in [0.3, 0.4) is 0 Å². The Morgan fingerprint density at radius 1 is 1.41 bits per heavy atom. The van der Waals surface area contributed by atoms with Crippen LogP contribution < -0.4 is 0 Å². The van der Waals surface area contributed by atoms with E-state index in [2.05, 4.69) is 0 Å². The lowest BCUT2D eigenvalue weighted by atomic mass is 9.74. The molecule has 3 aliphatic rings. The summed E-state index contributed by atoms with van der Waals surface area (Å²) in [6, 6.07) is 0. The molecule has 1 heterocycles. The summed E-state index contributed by atoms with van der Waals surface area (Å²) in [5.74, 6) is -1.80. The van der Waals surface area contributed by atoms with Gasteiger partial charge in [-0.05, 0) is 33.1 Å². The van der Waals surface area contributed by atoms with Crippen molar-refractivity contribution in [3.63, 3.8) is 0 Å². The van der Waals surface area contributed by atoms with Gasteiger partial charge in [0.15, 0.2) is 5.41 Å². The summed E-state index contributed by atoms with van der Waals surface area (Å²) in [7, 11) is 1.27. The number of fused-ring (bicyclic) bond motifs is 1. The molecule has 2 aliphatic carbocycles. The lowest BCUT2D eigenvalue weighted by Crippen LogP contribution is -2.43. The Kier molecular flexibility index (Phi) is 3.27. The molecule has 0 aromatic carbocycles. The van der Waals surface area contributed by atoms with Gasteiger partial charge >= 0.3 is 17.9 Å². The summed E-state index contributed by atoms with van der Waals surface area (Å²) in [4.78, 5) is 36.8. The van der Waals surface area contributed by atoms with E-state index >= 15 is 0 Å². The highest BCUT2D eigenvalue weighted by Crippen LogP contribution is 2.63. The van der Waals surface area contributed by atoms with Crippen LogP contribution in [0.5, 0.6) is 0 Å². The van der Waals surface area contributed by atoms with Crippen molar-refractivity contribution in [2.24, 2.45) is 22.7 Å². The molecule has 6 nitrogen and oxygen atoms in total. The number of ether oxygens (including phenoxy) is 3. The third kappa shape index (κ3) is 1.75. The van der Waals surface area contributed by atoms with Gasteiger partial charge in [-0.1, -0.05) is 6.92 Å². The van der Waals surface area contributed by atoms with Crippen LogP contribution in [0.15, 0.2) is 0 Å². The first kappa shape index (κ1) is 15.3. The number of hydrogen-bond acceptors (Lipinski definition) is 6. The summed E-state index contributed by atoms with van der Waals surface area (Å²) in [5, 5.41) is 0. The number of esters is 3. The van der Waals surface area contributed by atoms with Gasteiger partial charge in [0.1, 0.15) is 12.2 Å². The molecule has 2 bridgehead atoms. The Balaban J connectivity index is 1.87. The van der Waals surface area contributed by atoms with E-state index in [1.807, 2.05) is 20.8 Å². The topological polar surface area (TPSA) is 78.9 Å². The number of carbonyl (C=O) groups excluding carboxylic acids is 3. The molecule has 1 aliphatic heterocycles. The maximum absolute atomic E-state index is 12.4.